The Hall–Kier alpha value is -1.30. The second-order valence-corrected chi connectivity index (χ2v) is 4.44. The van der Waals surface area contributed by atoms with Crippen LogP contribution in [0.25, 0.3) is 0 Å². The molecule has 6 heteroatoms. The molecule has 0 aliphatic carbocycles. The third kappa shape index (κ3) is 3.60. The first-order valence-electron chi connectivity index (χ1n) is 5.50. The zero-order valence-electron chi connectivity index (χ0n) is 10.7. The lowest BCUT2D eigenvalue weighted by atomic mass is 10.2. The Labute approximate surface area is 112 Å². The fourth-order valence-corrected chi connectivity index (χ4v) is 1.69. The summed E-state index contributed by atoms with van der Waals surface area (Å²) in [5.74, 6) is -0.287. The standard InChI is InChI=1S/C12H18ClN3O2/c1-16(2)10-5-4-8(13)6-9(10)15-12(17)11(7-14)18-3/h4-6,11H,7,14H2,1-3H3,(H,15,17). The van der Waals surface area contributed by atoms with E-state index in [4.69, 9.17) is 22.1 Å². The first-order chi connectivity index (χ1) is 8.49. The molecule has 0 saturated carbocycles. The molecular formula is C12H18ClN3O2. The third-order valence-corrected chi connectivity index (χ3v) is 2.72. The lowest BCUT2D eigenvalue weighted by Gasteiger charge is -2.20. The number of benzene rings is 1. The van der Waals surface area contributed by atoms with Crippen molar-refractivity contribution >= 4 is 28.9 Å². The molecule has 3 N–H and O–H groups in total. The SMILES string of the molecule is COC(CN)C(=O)Nc1cc(Cl)ccc1N(C)C. The van der Waals surface area contributed by atoms with Gasteiger partial charge >= 0.3 is 0 Å². The highest BCUT2D eigenvalue weighted by molar-refractivity contribution is 6.31. The minimum Gasteiger partial charge on any atom is -0.376 e. The van der Waals surface area contributed by atoms with Crippen LogP contribution in [0.1, 0.15) is 0 Å². The molecule has 100 valence electrons. The average molecular weight is 272 g/mol. The summed E-state index contributed by atoms with van der Waals surface area (Å²) in [6.45, 7) is 0.125. The van der Waals surface area contributed by atoms with E-state index in [1.54, 1.807) is 12.1 Å². The van der Waals surface area contributed by atoms with Crippen molar-refractivity contribution in [2.75, 3.05) is 38.0 Å². The van der Waals surface area contributed by atoms with Gasteiger partial charge in [0.05, 0.1) is 11.4 Å². The number of methoxy groups -OCH3 is 1. The van der Waals surface area contributed by atoms with E-state index in [2.05, 4.69) is 5.32 Å². The van der Waals surface area contributed by atoms with Crippen LogP contribution in [0.5, 0.6) is 0 Å². The molecule has 5 nitrogen and oxygen atoms in total. The monoisotopic (exact) mass is 271 g/mol. The smallest absolute Gasteiger partial charge is 0.254 e. The van der Waals surface area contributed by atoms with Gasteiger partial charge in [-0.25, -0.2) is 0 Å². The summed E-state index contributed by atoms with van der Waals surface area (Å²) >= 11 is 5.93. The van der Waals surface area contributed by atoms with Crippen molar-refractivity contribution in [1.29, 1.82) is 0 Å². The van der Waals surface area contributed by atoms with Crippen LogP contribution in [0.2, 0.25) is 5.02 Å². The van der Waals surface area contributed by atoms with Gasteiger partial charge in [-0.1, -0.05) is 11.6 Å². The Bertz CT molecular complexity index is 420. The summed E-state index contributed by atoms with van der Waals surface area (Å²) in [5, 5.41) is 3.32. The van der Waals surface area contributed by atoms with Gasteiger partial charge in [-0.2, -0.15) is 0 Å². The Morgan fingerprint density at radius 2 is 2.22 bits per heavy atom. The first-order valence-corrected chi connectivity index (χ1v) is 5.88. The van der Waals surface area contributed by atoms with Crippen LogP contribution in [-0.4, -0.2) is 39.8 Å². The number of hydrogen-bond donors (Lipinski definition) is 2. The van der Waals surface area contributed by atoms with Crippen LogP contribution in [0, 0.1) is 0 Å². The number of carbonyl (C=O) groups excluding carboxylic acids is 1. The van der Waals surface area contributed by atoms with E-state index in [1.807, 2.05) is 25.1 Å². The number of ether oxygens (including phenoxy) is 1. The maximum Gasteiger partial charge on any atom is 0.254 e. The molecule has 0 bridgehead atoms. The van der Waals surface area contributed by atoms with Crippen LogP contribution in [0.3, 0.4) is 0 Å². The normalized spacial score (nSPS) is 12.1. The van der Waals surface area contributed by atoms with Crippen molar-refractivity contribution in [2.45, 2.75) is 6.10 Å². The van der Waals surface area contributed by atoms with E-state index in [0.717, 1.165) is 5.69 Å². The highest BCUT2D eigenvalue weighted by Gasteiger charge is 2.17. The number of nitrogens with one attached hydrogen (secondary N) is 1. The zero-order chi connectivity index (χ0) is 13.7. The van der Waals surface area contributed by atoms with Gasteiger partial charge in [0.15, 0.2) is 0 Å². The van der Waals surface area contributed by atoms with E-state index in [1.165, 1.54) is 7.11 Å². The molecule has 0 aromatic heterocycles. The number of rotatable bonds is 5. The summed E-state index contributed by atoms with van der Waals surface area (Å²) in [4.78, 5) is 13.8. The third-order valence-electron chi connectivity index (χ3n) is 2.49. The number of carbonyl (C=O) groups is 1. The van der Waals surface area contributed by atoms with Crippen LogP contribution in [0.4, 0.5) is 11.4 Å². The second kappa shape index (κ2) is 6.58. The number of hydrogen-bond acceptors (Lipinski definition) is 4. The molecule has 1 aromatic rings. The first kappa shape index (κ1) is 14.8. The molecule has 1 rings (SSSR count). The van der Waals surface area contributed by atoms with Crippen molar-refractivity contribution in [3.05, 3.63) is 23.2 Å². The fourth-order valence-electron chi connectivity index (χ4n) is 1.52. The van der Waals surface area contributed by atoms with Crippen LogP contribution in [0.15, 0.2) is 18.2 Å². The molecule has 0 spiro atoms. The molecular weight excluding hydrogens is 254 g/mol. The van der Waals surface area contributed by atoms with Gasteiger partial charge in [0, 0.05) is 32.8 Å². The number of amides is 1. The quantitative estimate of drug-likeness (QED) is 0.848. The van der Waals surface area contributed by atoms with Gasteiger partial charge in [0.2, 0.25) is 0 Å². The van der Waals surface area contributed by atoms with E-state index < -0.39 is 6.10 Å². The summed E-state index contributed by atoms with van der Waals surface area (Å²) in [6, 6.07) is 5.30. The molecule has 1 aromatic carbocycles. The number of halogens is 1. The Morgan fingerprint density at radius 1 is 1.56 bits per heavy atom. The van der Waals surface area contributed by atoms with Crippen LogP contribution in [-0.2, 0) is 9.53 Å². The highest BCUT2D eigenvalue weighted by Crippen LogP contribution is 2.27. The van der Waals surface area contributed by atoms with E-state index in [9.17, 15) is 4.79 Å². The van der Waals surface area contributed by atoms with Crippen LogP contribution < -0.4 is 16.0 Å². The zero-order valence-corrected chi connectivity index (χ0v) is 11.5. The number of nitrogens with two attached hydrogens (primary N) is 1. The molecule has 0 radical (unpaired) electrons. The topological polar surface area (TPSA) is 67.6 Å². The minimum absolute atomic E-state index is 0.125. The summed E-state index contributed by atoms with van der Waals surface area (Å²) in [5.41, 5.74) is 6.94. The molecule has 1 atom stereocenters. The maximum atomic E-state index is 11.9. The Morgan fingerprint density at radius 3 is 2.72 bits per heavy atom. The summed E-state index contributed by atoms with van der Waals surface area (Å²) in [6.07, 6.45) is -0.668. The fraction of sp³-hybridized carbons (Fsp3) is 0.417. The van der Waals surface area contributed by atoms with Gasteiger partial charge in [-0.3, -0.25) is 4.79 Å². The predicted octanol–water partition coefficient (Wildman–Crippen LogP) is 1.32. The van der Waals surface area contributed by atoms with Gasteiger partial charge in [-0.05, 0) is 18.2 Å². The van der Waals surface area contributed by atoms with Gasteiger partial charge in [0.25, 0.3) is 5.91 Å². The Balaban J connectivity index is 2.95. The van der Waals surface area contributed by atoms with Crippen molar-refractivity contribution < 1.29 is 9.53 Å². The number of anilines is 2. The molecule has 1 unspecified atom stereocenters. The lowest BCUT2D eigenvalue weighted by Crippen LogP contribution is -2.36. The van der Waals surface area contributed by atoms with Crippen molar-refractivity contribution in [1.82, 2.24) is 0 Å². The molecule has 0 fully saturated rings. The van der Waals surface area contributed by atoms with Crippen molar-refractivity contribution in [2.24, 2.45) is 5.73 Å². The molecule has 1 amide bonds. The molecule has 18 heavy (non-hydrogen) atoms. The minimum atomic E-state index is -0.668. The van der Waals surface area contributed by atoms with E-state index in [0.29, 0.717) is 10.7 Å². The molecule has 0 heterocycles. The van der Waals surface area contributed by atoms with Gasteiger partial charge in [0.1, 0.15) is 6.10 Å². The summed E-state index contributed by atoms with van der Waals surface area (Å²) < 4.78 is 4.98. The van der Waals surface area contributed by atoms with E-state index >= 15 is 0 Å². The second-order valence-electron chi connectivity index (χ2n) is 4.01. The highest BCUT2D eigenvalue weighted by atomic mass is 35.5. The molecule has 0 saturated heterocycles. The average Bonchev–Trinajstić information content (AvgIpc) is 2.30. The summed E-state index contributed by atoms with van der Waals surface area (Å²) in [7, 11) is 5.22. The van der Waals surface area contributed by atoms with Crippen molar-refractivity contribution in [3.8, 4) is 0 Å². The predicted molar refractivity (Wildman–Crippen MR) is 74.3 cm³/mol. The van der Waals surface area contributed by atoms with Gasteiger partial charge < -0.3 is 20.7 Å². The molecule has 0 aliphatic rings. The molecule has 0 aliphatic heterocycles. The van der Waals surface area contributed by atoms with Gasteiger partial charge in [-0.15, -0.1) is 0 Å². The number of nitrogens with zero attached hydrogens (tertiary/aromatic N) is 1. The Kier molecular flexibility index (Phi) is 5.40. The van der Waals surface area contributed by atoms with Crippen molar-refractivity contribution in [3.63, 3.8) is 0 Å². The van der Waals surface area contributed by atoms with E-state index in [-0.39, 0.29) is 12.5 Å². The lowest BCUT2D eigenvalue weighted by molar-refractivity contribution is -0.125. The maximum absolute atomic E-state index is 11.9. The largest absolute Gasteiger partial charge is 0.376 e. The van der Waals surface area contributed by atoms with Crippen LogP contribution >= 0.6 is 11.6 Å².